The topological polar surface area (TPSA) is 72.3 Å². The molecule has 0 fully saturated rings. The van der Waals surface area contributed by atoms with E-state index in [0.29, 0.717) is 5.75 Å². The Labute approximate surface area is 156 Å². The van der Waals surface area contributed by atoms with Crippen LogP contribution in [0.25, 0.3) is 21.8 Å². The zero-order valence-corrected chi connectivity index (χ0v) is 15.5. The molecule has 0 aliphatic rings. The summed E-state index contributed by atoms with van der Waals surface area (Å²) in [5.74, 6) is -0.463. The lowest BCUT2D eigenvalue weighted by atomic mass is 10.1. The molecule has 3 rings (SSSR count). The van der Waals surface area contributed by atoms with Gasteiger partial charge in [0, 0.05) is 28.4 Å². The van der Waals surface area contributed by atoms with Crippen molar-refractivity contribution in [3.8, 4) is 27.6 Å². The highest BCUT2D eigenvalue weighted by Crippen LogP contribution is 2.30. The Morgan fingerprint density at radius 3 is 2.69 bits per heavy atom. The summed E-state index contributed by atoms with van der Waals surface area (Å²) in [4.78, 5) is 20.0. The van der Waals surface area contributed by atoms with Crippen molar-refractivity contribution >= 4 is 17.3 Å². The van der Waals surface area contributed by atoms with Gasteiger partial charge in [-0.25, -0.2) is 9.78 Å². The lowest BCUT2D eigenvalue weighted by molar-refractivity contribution is -0.144. The van der Waals surface area contributed by atoms with Gasteiger partial charge < -0.3 is 9.84 Å². The highest BCUT2D eigenvalue weighted by atomic mass is 32.1. The van der Waals surface area contributed by atoms with Gasteiger partial charge in [0.25, 0.3) is 0 Å². The van der Waals surface area contributed by atoms with Gasteiger partial charge in [-0.1, -0.05) is 13.3 Å². The minimum absolute atomic E-state index is 0.525. The number of thiazole rings is 1. The molecule has 0 aliphatic carbocycles. The maximum Gasteiger partial charge on any atom is 0.344 e. The Morgan fingerprint density at radius 2 is 2.00 bits per heavy atom. The second-order valence-corrected chi connectivity index (χ2v) is 6.80. The quantitative estimate of drug-likeness (QED) is 0.656. The zero-order valence-electron chi connectivity index (χ0n) is 14.7. The molecule has 26 heavy (non-hydrogen) atoms. The number of benzene rings is 1. The van der Waals surface area contributed by atoms with Crippen LogP contribution in [0.3, 0.4) is 0 Å². The Bertz CT molecular complexity index is 890. The predicted molar refractivity (Wildman–Crippen MR) is 103 cm³/mol. The molecule has 0 saturated heterocycles. The van der Waals surface area contributed by atoms with Crippen LogP contribution in [-0.4, -0.2) is 27.1 Å². The van der Waals surface area contributed by atoms with Crippen molar-refractivity contribution in [2.24, 2.45) is 0 Å². The summed E-state index contributed by atoms with van der Waals surface area (Å²) in [7, 11) is 0. The Kier molecular flexibility index (Phi) is 5.63. The molecule has 6 heteroatoms. The van der Waals surface area contributed by atoms with Crippen molar-refractivity contribution in [2.45, 2.75) is 32.8 Å². The lowest BCUT2D eigenvalue weighted by Crippen LogP contribution is -2.22. The van der Waals surface area contributed by atoms with E-state index in [1.165, 1.54) is 6.92 Å². The third-order valence-electron chi connectivity index (χ3n) is 3.88. The molecular formula is C20H20N2O3S. The average Bonchev–Trinajstić information content (AvgIpc) is 3.13. The van der Waals surface area contributed by atoms with Crippen molar-refractivity contribution in [1.29, 1.82) is 0 Å². The second-order valence-electron chi connectivity index (χ2n) is 5.95. The van der Waals surface area contributed by atoms with E-state index in [1.54, 1.807) is 23.5 Å². The van der Waals surface area contributed by atoms with E-state index in [-0.39, 0.29) is 0 Å². The highest BCUT2D eigenvalue weighted by Gasteiger charge is 2.13. The maximum absolute atomic E-state index is 10.9. The molecule has 0 bridgehead atoms. The molecule has 5 nitrogen and oxygen atoms in total. The van der Waals surface area contributed by atoms with Crippen LogP contribution in [-0.2, 0) is 11.2 Å². The number of aryl methyl sites for hydroxylation is 1. The third kappa shape index (κ3) is 4.26. The Hall–Kier alpha value is -2.73. The van der Waals surface area contributed by atoms with E-state index in [9.17, 15) is 4.79 Å². The van der Waals surface area contributed by atoms with E-state index in [2.05, 4.69) is 18.0 Å². The molecule has 1 atom stereocenters. The van der Waals surface area contributed by atoms with E-state index in [1.807, 2.05) is 29.8 Å². The normalized spacial score (nSPS) is 11.9. The average molecular weight is 368 g/mol. The zero-order chi connectivity index (χ0) is 18.5. The fourth-order valence-corrected chi connectivity index (χ4v) is 3.33. The van der Waals surface area contributed by atoms with E-state index >= 15 is 0 Å². The molecule has 2 heterocycles. The number of pyridine rings is 1. The molecule has 1 aromatic carbocycles. The summed E-state index contributed by atoms with van der Waals surface area (Å²) in [6.45, 7) is 3.64. The maximum atomic E-state index is 10.9. The highest BCUT2D eigenvalue weighted by molar-refractivity contribution is 7.13. The predicted octanol–water partition coefficient (Wildman–Crippen LogP) is 4.68. The van der Waals surface area contributed by atoms with Crippen molar-refractivity contribution in [2.75, 3.05) is 0 Å². The van der Waals surface area contributed by atoms with E-state index in [4.69, 9.17) is 14.8 Å². The largest absolute Gasteiger partial charge is 0.479 e. The molecule has 0 radical (unpaired) electrons. The number of rotatable bonds is 7. The number of nitrogens with zero attached hydrogens (tertiary/aromatic N) is 2. The number of aliphatic carboxylic acids is 1. The van der Waals surface area contributed by atoms with Crippen LogP contribution >= 0.6 is 11.3 Å². The summed E-state index contributed by atoms with van der Waals surface area (Å²) in [5.41, 5.74) is 4.01. The molecule has 2 aromatic heterocycles. The molecule has 1 N–H and O–H groups in total. The van der Waals surface area contributed by atoms with Gasteiger partial charge in [0.2, 0.25) is 0 Å². The summed E-state index contributed by atoms with van der Waals surface area (Å²) in [6.07, 6.45) is 2.98. The van der Waals surface area contributed by atoms with Gasteiger partial charge in [0.15, 0.2) is 6.10 Å². The van der Waals surface area contributed by atoms with Crippen molar-refractivity contribution in [3.63, 3.8) is 0 Å². The molecule has 0 saturated carbocycles. The van der Waals surface area contributed by atoms with Gasteiger partial charge in [-0.3, -0.25) is 4.98 Å². The van der Waals surface area contributed by atoms with Gasteiger partial charge in [-0.05, 0) is 49.7 Å². The van der Waals surface area contributed by atoms with Gasteiger partial charge in [0.05, 0.1) is 5.69 Å². The summed E-state index contributed by atoms with van der Waals surface area (Å²) in [5, 5.41) is 11.9. The number of ether oxygens (including phenoxy) is 1. The van der Waals surface area contributed by atoms with Crippen LogP contribution in [0.15, 0.2) is 48.0 Å². The van der Waals surface area contributed by atoms with E-state index in [0.717, 1.165) is 40.4 Å². The molecule has 1 unspecified atom stereocenters. The first-order valence-electron chi connectivity index (χ1n) is 8.47. The van der Waals surface area contributed by atoms with E-state index < -0.39 is 12.1 Å². The van der Waals surface area contributed by atoms with Crippen LogP contribution < -0.4 is 4.74 Å². The van der Waals surface area contributed by atoms with Crippen LogP contribution in [0.2, 0.25) is 0 Å². The van der Waals surface area contributed by atoms with Crippen LogP contribution in [0, 0.1) is 0 Å². The van der Waals surface area contributed by atoms with Crippen LogP contribution in [0.4, 0.5) is 0 Å². The Morgan fingerprint density at radius 1 is 1.23 bits per heavy atom. The first-order chi connectivity index (χ1) is 12.6. The summed E-state index contributed by atoms with van der Waals surface area (Å²) in [6, 6.07) is 11.4. The van der Waals surface area contributed by atoms with Crippen LogP contribution in [0.1, 0.15) is 26.0 Å². The van der Waals surface area contributed by atoms with Gasteiger partial charge >= 0.3 is 5.97 Å². The minimum atomic E-state index is -0.988. The first-order valence-corrected chi connectivity index (χ1v) is 9.35. The van der Waals surface area contributed by atoms with Crippen molar-refractivity contribution < 1.29 is 14.6 Å². The Balaban J connectivity index is 1.77. The van der Waals surface area contributed by atoms with Gasteiger partial charge in [-0.15, -0.1) is 11.3 Å². The molecule has 0 aliphatic heterocycles. The summed E-state index contributed by atoms with van der Waals surface area (Å²) >= 11 is 1.60. The van der Waals surface area contributed by atoms with Crippen LogP contribution in [0.5, 0.6) is 5.75 Å². The monoisotopic (exact) mass is 368 g/mol. The minimum Gasteiger partial charge on any atom is -0.479 e. The van der Waals surface area contributed by atoms with Crippen molar-refractivity contribution in [3.05, 3.63) is 53.7 Å². The molecular weight excluding hydrogens is 348 g/mol. The van der Waals surface area contributed by atoms with Crippen molar-refractivity contribution in [1.82, 2.24) is 9.97 Å². The molecule has 134 valence electrons. The fourth-order valence-electron chi connectivity index (χ4n) is 2.50. The first kappa shape index (κ1) is 18.1. The fraction of sp³-hybridized carbons (Fsp3) is 0.250. The number of carboxylic acids is 1. The number of carbonyl (C=O) groups is 1. The standard InChI is InChI=1S/C20H20N2O3S/c1-3-4-16-11-15(9-10-21-16)19-22-18(12-26-19)14-5-7-17(8-6-14)25-13(2)20(23)24/h5-13H,3-4H2,1-2H3,(H,23,24). The smallest absolute Gasteiger partial charge is 0.344 e. The number of hydrogen-bond donors (Lipinski definition) is 1. The molecule has 0 amide bonds. The summed E-state index contributed by atoms with van der Waals surface area (Å²) < 4.78 is 5.35. The third-order valence-corrected chi connectivity index (χ3v) is 4.78. The second kappa shape index (κ2) is 8.10. The SMILES string of the molecule is CCCc1cc(-c2nc(-c3ccc(OC(C)C(=O)O)cc3)cs2)ccn1. The van der Waals surface area contributed by atoms with Gasteiger partial charge in [0.1, 0.15) is 10.8 Å². The number of aromatic nitrogens is 2. The lowest BCUT2D eigenvalue weighted by Gasteiger charge is -2.10. The van der Waals surface area contributed by atoms with Gasteiger partial charge in [-0.2, -0.15) is 0 Å². The molecule has 0 spiro atoms. The number of hydrogen-bond acceptors (Lipinski definition) is 5. The number of carboxylic acid groups (broad SMARTS) is 1. The molecule has 3 aromatic rings.